The second-order valence-corrected chi connectivity index (χ2v) is 7.17. The average Bonchev–Trinajstić information content (AvgIpc) is 3.25. The Balaban J connectivity index is 2.07. The fourth-order valence-corrected chi connectivity index (χ4v) is 3.24. The lowest BCUT2D eigenvalue weighted by molar-refractivity contribution is 0.0699. The van der Waals surface area contributed by atoms with E-state index in [1.165, 1.54) is 0 Å². The minimum atomic E-state index is -0.954. The van der Waals surface area contributed by atoms with Crippen LogP contribution in [0.1, 0.15) is 41.9 Å². The number of rotatable bonds is 6. The van der Waals surface area contributed by atoms with Crippen molar-refractivity contribution in [2.45, 2.75) is 32.2 Å². The Bertz CT molecular complexity index is 719. The molecule has 0 radical (unpaired) electrons. The van der Waals surface area contributed by atoms with Crippen LogP contribution in [0.2, 0.25) is 0 Å². The van der Waals surface area contributed by atoms with E-state index in [0.717, 1.165) is 24.2 Å². The first-order valence-corrected chi connectivity index (χ1v) is 8.68. The van der Waals surface area contributed by atoms with Gasteiger partial charge in [-0.15, -0.1) is 0 Å². The van der Waals surface area contributed by atoms with Crippen molar-refractivity contribution in [3.63, 3.8) is 0 Å². The van der Waals surface area contributed by atoms with Crippen LogP contribution in [0.3, 0.4) is 0 Å². The summed E-state index contributed by atoms with van der Waals surface area (Å²) < 4.78 is 13.8. The van der Waals surface area contributed by atoms with E-state index in [0.29, 0.717) is 29.5 Å². The number of hydrogen-bond acceptors (Lipinski definition) is 3. The number of fused-ring (bicyclic) bond motifs is 1. The molecule has 0 aliphatic heterocycles. The second-order valence-electron chi connectivity index (χ2n) is 5.31. The van der Waals surface area contributed by atoms with Crippen molar-refractivity contribution in [2.24, 2.45) is 0 Å². The molecule has 112 valence electrons. The van der Waals surface area contributed by atoms with Crippen LogP contribution in [0.4, 0.5) is 0 Å². The molecule has 1 atom stereocenters. The van der Waals surface area contributed by atoms with E-state index in [4.69, 9.17) is 0 Å². The van der Waals surface area contributed by atoms with Gasteiger partial charge < -0.3 is 9.67 Å². The summed E-state index contributed by atoms with van der Waals surface area (Å²) in [6.45, 7) is 2.54. The van der Waals surface area contributed by atoms with Gasteiger partial charge in [0, 0.05) is 34.8 Å². The lowest BCUT2D eigenvalue weighted by atomic mass is 10.2. The Morgan fingerprint density at radius 1 is 1.48 bits per heavy atom. The third-order valence-corrected chi connectivity index (χ3v) is 5.13. The molecule has 1 aromatic heterocycles. The number of aromatic carboxylic acids is 1. The molecule has 1 aliphatic rings. The molecule has 1 aliphatic carbocycles. The number of carbonyl (C=O) groups is 1. The van der Waals surface area contributed by atoms with E-state index in [1.54, 1.807) is 12.1 Å². The molecular formula is C15H18N2O3S. The Kier molecular flexibility index (Phi) is 3.80. The van der Waals surface area contributed by atoms with E-state index >= 15 is 0 Å². The fraction of sp³-hybridized carbons (Fsp3) is 0.467. The maximum Gasteiger partial charge on any atom is 0.337 e. The van der Waals surface area contributed by atoms with Crippen LogP contribution in [0.5, 0.6) is 0 Å². The molecule has 6 heteroatoms. The molecule has 3 rings (SSSR count). The lowest BCUT2D eigenvalue weighted by Gasteiger charge is -2.08. The fourth-order valence-electron chi connectivity index (χ4n) is 2.56. The van der Waals surface area contributed by atoms with E-state index in [-0.39, 0.29) is 5.56 Å². The number of aromatic nitrogens is 2. The van der Waals surface area contributed by atoms with Gasteiger partial charge in [0.15, 0.2) is 0 Å². The van der Waals surface area contributed by atoms with Crippen molar-refractivity contribution in [3.05, 3.63) is 29.6 Å². The standard InChI is InChI=1S/C15H18N2O3S/c1-2-21(20)9-8-17-12-5-3-4-11(15(18)19)13(12)16-14(17)10-6-7-10/h3-5,10H,2,6-9H2,1H3,(H,18,19). The number of carboxylic acid groups (broad SMARTS) is 1. The van der Waals surface area contributed by atoms with E-state index < -0.39 is 16.8 Å². The highest BCUT2D eigenvalue weighted by molar-refractivity contribution is 7.84. The molecule has 0 spiro atoms. The third kappa shape index (κ3) is 2.72. The summed E-state index contributed by atoms with van der Waals surface area (Å²) in [6.07, 6.45) is 2.20. The minimum absolute atomic E-state index is 0.241. The molecule has 1 fully saturated rings. The monoisotopic (exact) mass is 306 g/mol. The van der Waals surface area contributed by atoms with Gasteiger partial charge in [0.05, 0.1) is 11.1 Å². The molecule has 2 aromatic rings. The van der Waals surface area contributed by atoms with Crippen molar-refractivity contribution in [1.29, 1.82) is 0 Å². The van der Waals surface area contributed by atoms with Crippen LogP contribution >= 0.6 is 0 Å². The molecule has 1 aromatic carbocycles. The molecule has 21 heavy (non-hydrogen) atoms. The predicted octanol–water partition coefficient (Wildman–Crippen LogP) is 2.38. The highest BCUT2D eigenvalue weighted by Crippen LogP contribution is 2.41. The van der Waals surface area contributed by atoms with Gasteiger partial charge in [0.25, 0.3) is 0 Å². The summed E-state index contributed by atoms with van der Waals surface area (Å²) in [5, 5.41) is 9.30. The van der Waals surface area contributed by atoms with Crippen LogP contribution in [0, 0.1) is 0 Å². The zero-order chi connectivity index (χ0) is 15.0. The molecule has 1 saturated carbocycles. The van der Waals surface area contributed by atoms with Crippen molar-refractivity contribution >= 4 is 27.8 Å². The molecule has 1 N–H and O–H groups in total. The molecule has 1 unspecified atom stereocenters. The maximum absolute atomic E-state index is 11.7. The highest BCUT2D eigenvalue weighted by Gasteiger charge is 2.30. The van der Waals surface area contributed by atoms with Gasteiger partial charge >= 0.3 is 5.97 Å². The van der Waals surface area contributed by atoms with Gasteiger partial charge in [0.1, 0.15) is 11.3 Å². The number of hydrogen-bond donors (Lipinski definition) is 1. The van der Waals surface area contributed by atoms with Gasteiger partial charge in [-0.3, -0.25) is 4.21 Å². The first kappa shape index (κ1) is 14.3. The quantitative estimate of drug-likeness (QED) is 0.889. The molecule has 1 heterocycles. The van der Waals surface area contributed by atoms with Crippen molar-refractivity contribution < 1.29 is 14.1 Å². The maximum atomic E-state index is 11.7. The largest absolute Gasteiger partial charge is 0.478 e. The molecule has 0 amide bonds. The summed E-state index contributed by atoms with van der Waals surface area (Å²) in [5.74, 6) is 1.65. The van der Waals surface area contributed by atoms with Crippen LogP contribution in [-0.4, -0.2) is 36.3 Å². The Hall–Kier alpha value is -1.69. The highest BCUT2D eigenvalue weighted by atomic mass is 32.2. The molecule has 5 nitrogen and oxygen atoms in total. The smallest absolute Gasteiger partial charge is 0.337 e. The number of aryl methyl sites for hydroxylation is 1. The van der Waals surface area contributed by atoms with Gasteiger partial charge in [-0.2, -0.15) is 0 Å². The Labute approximate surface area is 125 Å². The van der Waals surface area contributed by atoms with E-state index in [9.17, 15) is 14.1 Å². The van der Waals surface area contributed by atoms with Crippen molar-refractivity contribution in [3.8, 4) is 0 Å². The van der Waals surface area contributed by atoms with Crippen LogP contribution in [-0.2, 0) is 17.3 Å². The molecule has 0 saturated heterocycles. The normalized spacial score (nSPS) is 16.2. The first-order chi connectivity index (χ1) is 10.1. The Morgan fingerprint density at radius 2 is 2.24 bits per heavy atom. The van der Waals surface area contributed by atoms with Crippen molar-refractivity contribution in [1.82, 2.24) is 9.55 Å². The van der Waals surface area contributed by atoms with E-state index in [1.807, 2.05) is 13.0 Å². The first-order valence-electron chi connectivity index (χ1n) is 7.19. The van der Waals surface area contributed by atoms with Gasteiger partial charge in [-0.25, -0.2) is 9.78 Å². The van der Waals surface area contributed by atoms with E-state index in [2.05, 4.69) is 9.55 Å². The SMILES string of the molecule is CCS(=O)CCn1c(C2CC2)nc2c(C(=O)O)cccc21. The number of imidazole rings is 1. The predicted molar refractivity (Wildman–Crippen MR) is 82.2 cm³/mol. The summed E-state index contributed by atoms with van der Waals surface area (Å²) in [7, 11) is -0.835. The molecule has 0 bridgehead atoms. The van der Waals surface area contributed by atoms with Gasteiger partial charge in [-0.05, 0) is 25.0 Å². The zero-order valence-corrected chi connectivity index (χ0v) is 12.7. The zero-order valence-electron chi connectivity index (χ0n) is 11.9. The number of nitrogens with zero attached hydrogens (tertiary/aromatic N) is 2. The third-order valence-electron chi connectivity index (χ3n) is 3.85. The summed E-state index contributed by atoms with van der Waals surface area (Å²) in [6, 6.07) is 5.23. The number of benzene rings is 1. The lowest BCUT2D eigenvalue weighted by Crippen LogP contribution is -2.11. The second kappa shape index (κ2) is 5.60. The average molecular weight is 306 g/mol. The topological polar surface area (TPSA) is 72.2 Å². The minimum Gasteiger partial charge on any atom is -0.478 e. The number of para-hydroxylation sites is 1. The Morgan fingerprint density at radius 3 is 2.86 bits per heavy atom. The summed E-state index contributed by atoms with van der Waals surface area (Å²) in [4.78, 5) is 15.9. The molecular weight excluding hydrogens is 288 g/mol. The van der Waals surface area contributed by atoms with Crippen molar-refractivity contribution in [2.75, 3.05) is 11.5 Å². The van der Waals surface area contributed by atoms with Gasteiger partial charge in [-0.1, -0.05) is 13.0 Å². The van der Waals surface area contributed by atoms with Crippen LogP contribution < -0.4 is 0 Å². The number of carboxylic acids is 1. The van der Waals surface area contributed by atoms with Gasteiger partial charge in [0.2, 0.25) is 0 Å². The van der Waals surface area contributed by atoms with Crippen LogP contribution in [0.15, 0.2) is 18.2 Å². The van der Waals surface area contributed by atoms with Crippen LogP contribution in [0.25, 0.3) is 11.0 Å². The summed E-state index contributed by atoms with van der Waals surface area (Å²) >= 11 is 0. The summed E-state index contributed by atoms with van der Waals surface area (Å²) in [5.41, 5.74) is 1.63.